The van der Waals surface area contributed by atoms with Crippen LogP contribution in [0.2, 0.25) is 0 Å². The van der Waals surface area contributed by atoms with Gasteiger partial charge in [0.1, 0.15) is 30.5 Å². The van der Waals surface area contributed by atoms with Gasteiger partial charge in [0, 0.05) is 0 Å². The van der Waals surface area contributed by atoms with Gasteiger partial charge in [-0.3, -0.25) is 4.79 Å². The number of ether oxygens (including phenoxy) is 2. The van der Waals surface area contributed by atoms with E-state index in [1.54, 1.807) is 6.08 Å². The van der Waals surface area contributed by atoms with Crippen LogP contribution >= 0.6 is 0 Å². The summed E-state index contributed by atoms with van der Waals surface area (Å²) in [5.74, 6) is -0.614. The van der Waals surface area contributed by atoms with Crippen LogP contribution in [0, 0.1) is 0 Å². The molecule has 1 aliphatic rings. The van der Waals surface area contributed by atoms with Crippen molar-refractivity contribution in [3.05, 3.63) is 12.2 Å². The fourth-order valence-corrected chi connectivity index (χ4v) is 7.75. The summed E-state index contributed by atoms with van der Waals surface area (Å²) in [7, 11) is 0. The number of allylic oxidation sites excluding steroid dienone is 1. The van der Waals surface area contributed by atoms with E-state index < -0.39 is 61.5 Å². The monoisotopic (exact) mass is 814 g/mol. The van der Waals surface area contributed by atoms with Crippen molar-refractivity contribution in [1.29, 1.82) is 0 Å². The number of hydrogen-bond donors (Lipinski definition) is 7. The largest absolute Gasteiger partial charge is 0.394 e. The number of aliphatic hydroxyl groups is 6. The van der Waals surface area contributed by atoms with E-state index in [0.717, 1.165) is 44.9 Å². The molecule has 0 spiro atoms. The second-order valence-corrected chi connectivity index (χ2v) is 17.1. The molecule has 8 atom stereocenters. The Morgan fingerprint density at radius 1 is 0.596 bits per heavy atom. The molecule has 10 nitrogen and oxygen atoms in total. The fourth-order valence-electron chi connectivity index (χ4n) is 7.75. The second kappa shape index (κ2) is 37.9. The zero-order valence-corrected chi connectivity index (χ0v) is 36.7. The van der Waals surface area contributed by atoms with Crippen LogP contribution in [0.4, 0.5) is 0 Å². The summed E-state index contributed by atoms with van der Waals surface area (Å²) in [6, 6.07) is -0.974. The third kappa shape index (κ3) is 28.1. The number of aliphatic hydroxyl groups excluding tert-OH is 6. The first-order chi connectivity index (χ1) is 27.8. The van der Waals surface area contributed by atoms with Gasteiger partial charge in [0.2, 0.25) is 5.91 Å². The molecule has 0 aromatic carbocycles. The normalized spacial score (nSPS) is 21.6. The summed E-state index contributed by atoms with van der Waals surface area (Å²) < 4.78 is 11.1. The Hall–Kier alpha value is -1.11. The Morgan fingerprint density at radius 2 is 1.00 bits per heavy atom. The minimum absolute atomic E-state index is 0.301. The molecule has 0 saturated carbocycles. The lowest BCUT2D eigenvalue weighted by Crippen LogP contribution is -2.60. The van der Waals surface area contributed by atoms with E-state index >= 15 is 0 Å². The van der Waals surface area contributed by atoms with Crippen LogP contribution < -0.4 is 5.32 Å². The number of carbonyl (C=O) groups excluding carboxylic acids is 1. The van der Waals surface area contributed by atoms with Crippen molar-refractivity contribution >= 4 is 5.91 Å². The van der Waals surface area contributed by atoms with Crippen LogP contribution in [-0.2, 0) is 14.3 Å². The molecule has 1 saturated heterocycles. The first-order valence-corrected chi connectivity index (χ1v) is 24.0. The maximum atomic E-state index is 13.0. The van der Waals surface area contributed by atoms with Crippen LogP contribution in [0.3, 0.4) is 0 Å². The molecule has 338 valence electrons. The van der Waals surface area contributed by atoms with E-state index in [2.05, 4.69) is 19.2 Å². The van der Waals surface area contributed by atoms with Gasteiger partial charge in [-0.25, -0.2) is 0 Å². The lowest BCUT2D eigenvalue weighted by Gasteiger charge is -2.40. The number of amides is 1. The van der Waals surface area contributed by atoms with Gasteiger partial charge in [-0.15, -0.1) is 0 Å². The predicted octanol–water partition coefficient (Wildman–Crippen LogP) is 9.09. The van der Waals surface area contributed by atoms with Crippen LogP contribution in [0.1, 0.15) is 219 Å². The van der Waals surface area contributed by atoms with E-state index in [1.807, 2.05) is 6.08 Å². The lowest BCUT2D eigenvalue weighted by molar-refractivity contribution is -0.302. The van der Waals surface area contributed by atoms with Gasteiger partial charge in [0.05, 0.1) is 25.4 Å². The van der Waals surface area contributed by atoms with Crippen molar-refractivity contribution in [2.24, 2.45) is 0 Å². The minimum atomic E-state index is -1.61. The van der Waals surface area contributed by atoms with E-state index in [-0.39, 0.29) is 6.61 Å². The molecular weight excluding hydrogens is 723 g/mol. The SMILES string of the molecule is CCCCCCCCCCCC/C=C/C(O)C(COC1OC(CO)C(O)C(O)C1O)NC(=O)C(O)CCCCCCCCCCCCCCCCCCCCCC. The van der Waals surface area contributed by atoms with Crippen molar-refractivity contribution in [3.63, 3.8) is 0 Å². The molecule has 7 N–H and O–H groups in total. The molecule has 57 heavy (non-hydrogen) atoms. The maximum absolute atomic E-state index is 13.0. The number of carbonyl (C=O) groups is 1. The minimum Gasteiger partial charge on any atom is -0.394 e. The zero-order chi connectivity index (χ0) is 41.8. The van der Waals surface area contributed by atoms with Crippen LogP contribution in [0.15, 0.2) is 12.2 Å². The Bertz CT molecular complexity index is 921. The van der Waals surface area contributed by atoms with Crippen LogP contribution in [0.5, 0.6) is 0 Å². The van der Waals surface area contributed by atoms with Gasteiger partial charge in [0.25, 0.3) is 0 Å². The number of unbranched alkanes of at least 4 members (excludes halogenated alkanes) is 29. The fraction of sp³-hybridized carbons (Fsp3) is 0.936. The third-order valence-corrected chi connectivity index (χ3v) is 11.7. The highest BCUT2D eigenvalue weighted by Crippen LogP contribution is 2.23. The third-order valence-electron chi connectivity index (χ3n) is 11.7. The molecule has 0 bridgehead atoms. The molecule has 1 heterocycles. The van der Waals surface area contributed by atoms with E-state index in [0.29, 0.717) is 6.42 Å². The average Bonchev–Trinajstić information content (AvgIpc) is 3.21. The summed E-state index contributed by atoms with van der Waals surface area (Å²) in [6.07, 6.45) is 33.0. The summed E-state index contributed by atoms with van der Waals surface area (Å²) in [4.78, 5) is 13.0. The van der Waals surface area contributed by atoms with Gasteiger partial charge in [-0.1, -0.05) is 212 Å². The molecule has 0 radical (unpaired) electrons. The first-order valence-electron chi connectivity index (χ1n) is 24.0. The molecule has 8 unspecified atom stereocenters. The van der Waals surface area contributed by atoms with E-state index in [1.165, 1.54) is 154 Å². The van der Waals surface area contributed by atoms with Crippen LogP contribution in [-0.4, -0.2) is 98.7 Å². The van der Waals surface area contributed by atoms with Gasteiger partial charge in [-0.2, -0.15) is 0 Å². The topological polar surface area (TPSA) is 169 Å². The zero-order valence-electron chi connectivity index (χ0n) is 36.7. The molecule has 1 rings (SSSR count). The molecule has 1 amide bonds. The molecule has 1 aliphatic heterocycles. The van der Waals surface area contributed by atoms with Gasteiger partial charge in [-0.05, 0) is 19.3 Å². The molecular formula is C47H91NO9. The van der Waals surface area contributed by atoms with Crippen LogP contribution in [0.25, 0.3) is 0 Å². The molecule has 0 aromatic rings. The summed E-state index contributed by atoms with van der Waals surface area (Å²) in [6.45, 7) is 3.61. The molecule has 1 fully saturated rings. The van der Waals surface area contributed by atoms with Gasteiger partial charge >= 0.3 is 0 Å². The maximum Gasteiger partial charge on any atom is 0.249 e. The van der Waals surface area contributed by atoms with Crippen molar-refractivity contribution in [3.8, 4) is 0 Å². The van der Waals surface area contributed by atoms with Gasteiger partial charge < -0.3 is 45.4 Å². The Labute approximate surface area is 349 Å². The number of rotatable bonds is 40. The van der Waals surface area contributed by atoms with Crippen molar-refractivity contribution < 1.29 is 44.9 Å². The molecule has 0 aromatic heterocycles. The molecule has 0 aliphatic carbocycles. The second-order valence-electron chi connectivity index (χ2n) is 17.1. The number of nitrogens with one attached hydrogen (secondary N) is 1. The van der Waals surface area contributed by atoms with Crippen molar-refractivity contribution in [2.75, 3.05) is 13.2 Å². The van der Waals surface area contributed by atoms with E-state index in [9.17, 15) is 35.4 Å². The summed E-state index contributed by atoms with van der Waals surface area (Å²) >= 11 is 0. The highest BCUT2D eigenvalue weighted by atomic mass is 16.7. The standard InChI is InChI=1S/C47H91NO9/c1-3-5-7-9-11-13-15-17-18-19-20-21-22-23-24-26-28-30-32-34-36-41(51)46(55)48-39(38-56-47-45(54)44(53)43(52)42(37-49)57-47)40(50)35-33-31-29-27-25-16-14-12-10-8-6-4-2/h33,35,39-45,47,49-54H,3-32,34,36-38H2,1-2H3,(H,48,55)/b35-33+. The van der Waals surface area contributed by atoms with Crippen molar-refractivity contribution in [2.45, 2.75) is 268 Å². The molecule has 10 heteroatoms. The smallest absolute Gasteiger partial charge is 0.249 e. The predicted molar refractivity (Wildman–Crippen MR) is 232 cm³/mol. The summed E-state index contributed by atoms with van der Waals surface area (Å²) in [5.41, 5.74) is 0. The number of hydrogen-bond acceptors (Lipinski definition) is 9. The Kier molecular flexibility index (Phi) is 35.8. The van der Waals surface area contributed by atoms with Gasteiger partial charge in [0.15, 0.2) is 6.29 Å². The first kappa shape index (κ1) is 53.9. The Morgan fingerprint density at radius 3 is 1.42 bits per heavy atom. The highest BCUT2D eigenvalue weighted by Gasteiger charge is 2.44. The average molecular weight is 814 g/mol. The summed E-state index contributed by atoms with van der Waals surface area (Å²) in [5, 5.41) is 64.6. The van der Waals surface area contributed by atoms with Crippen molar-refractivity contribution in [1.82, 2.24) is 5.32 Å². The van der Waals surface area contributed by atoms with E-state index in [4.69, 9.17) is 9.47 Å². The lowest BCUT2D eigenvalue weighted by atomic mass is 9.99. The quantitative estimate of drug-likeness (QED) is 0.0236. The Balaban J connectivity index is 2.34. The highest BCUT2D eigenvalue weighted by molar-refractivity contribution is 5.80.